The second-order valence-electron chi connectivity index (χ2n) is 12.1. The number of hydrogen-bond acceptors (Lipinski definition) is 1. The van der Waals surface area contributed by atoms with Gasteiger partial charge in [0.05, 0.1) is 0 Å². The average molecular weight is 547 g/mol. The van der Waals surface area contributed by atoms with Crippen molar-refractivity contribution in [3.05, 3.63) is 24.3 Å². The SMILES string of the molecule is CCCCCCC/C=C\CCCC/C=C\CCCCCCCCCCCCCCCCCCCCCC(=O)O. The lowest BCUT2D eigenvalue weighted by molar-refractivity contribution is -0.137. The molecule has 0 bridgehead atoms. The summed E-state index contributed by atoms with van der Waals surface area (Å²) < 4.78 is 0. The van der Waals surface area contributed by atoms with Crippen LogP contribution in [0.4, 0.5) is 0 Å². The first-order chi connectivity index (χ1) is 19.3. The summed E-state index contributed by atoms with van der Waals surface area (Å²) in [6, 6.07) is 0. The van der Waals surface area contributed by atoms with Gasteiger partial charge in [-0.15, -0.1) is 0 Å². The van der Waals surface area contributed by atoms with Crippen LogP contribution in [0.5, 0.6) is 0 Å². The molecular formula is C37H70O2. The second kappa shape index (κ2) is 35.0. The molecule has 0 spiro atoms. The maximum atomic E-state index is 10.5. The Bertz CT molecular complexity index is 522. The quantitative estimate of drug-likeness (QED) is 0.0656. The molecule has 0 fully saturated rings. The lowest BCUT2D eigenvalue weighted by Crippen LogP contribution is -1.93. The van der Waals surface area contributed by atoms with Gasteiger partial charge in [0.15, 0.2) is 0 Å². The molecule has 2 nitrogen and oxygen atoms in total. The van der Waals surface area contributed by atoms with Gasteiger partial charge in [0, 0.05) is 6.42 Å². The fourth-order valence-corrected chi connectivity index (χ4v) is 5.41. The molecule has 0 radical (unpaired) electrons. The van der Waals surface area contributed by atoms with E-state index >= 15 is 0 Å². The third kappa shape index (κ3) is 37.0. The molecule has 0 aromatic carbocycles. The Morgan fingerprint density at radius 1 is 0.385 bits per heavy atom. The van der Waals surface area contributed by atoms with Crippen LogP contribution in [0.1, 0.15) is 206 Å². The zero-order valence-electron chi connectivity index (χ0n) is 26.6. The summed E-state index contributed by atoms with van der Waals surface area (Å²) in [6.07, 6.45) is 50.4. The number of unbranched alkanes of at least 4 members (excludes halogenated alkanes) is 27. The smallest absolute Gasteiger partial charge is 0.303 e. The Hall–Kier alpha value is -1.05. The minimum atomic E-state index is -0.650. The third-order valence-electron chi connectivity index (χ3n) is 8.06. The summed E-state index contributed by atoms with van der Waals surface area (Å²) in [7, 11) is 0. The van der Waals surface area contributed by atoms with Crippen LogP contribution in [0.3, 0.4) is 0 Å². The standard InChI is InChI=1S/C37H70O2/c1-2-3-4-5-6-7-8-9-10-11-12-13-14-15-16-17-18-19-20-21-22-23-24-25-26-27-28-29-30-31-32-33-34-35-36-37(38)39/h8-9,14-15H,2-7,10-13,16-36H2,1H3,(H,38,39)/b9-8-,15-14-. The minimum absolute atomic E-state index is 0.344. The fourth-order valence-electron chi connectivity index (χ4n) is 5.41. The van der Waals surface area contributed by atoms with Gasteiger partial charge in [0.2, 0.25) is 0 Å². The van der Waals surface area contributed by atoms with Crippen molar-refractivity contribution in [1.82, 2.24) is 0 Å². The fraction of sp³-hybridized carbons (Fsp3) is 0.865. The lowest BCUT2D eigenvalue weighted by Gasteiger charge is -2.04. The van der Waals surface area contributed by atoms with Crippen LogP contribution in [0, 0.1) is 0 Å². The minimum Gasteiger partial charge on any atom is -0.481 e. The van der Waals surface area contributed by atoms with Crippen LogP contribution in [0.15, 0.2) is 24.3 Å². The maximum absolute atomic E-state index is 10.5. The molecule has 230 valence electrons. The molecule has 0 amide bonds. The van der Waals surface area contributed by atoms with Gasteiger partial charge in [-0.25, -0.2) is 0 Å². The first kappa shape index (κ1) is 38.0. The molecule has 0 aliphatic rings. The summed E-state index contributed by atoms with van der Waals surface area (Å²) in [5.41, 5.74) is 0. The highest BCUT2D eigenvalue weighted by Crippen LogP contribution is 2.15. The number of carboxylic acids is 1. The molecule has 1 N–H and O–H groups in total. The van der Waals surface area contributed by atoms with E-state index in [0.29, 0.717) is 6.42 Å². The van der Waals surface area contributed by atoms with Crippen molar-refractivity contribution in [2.75, 3.05) is 0 Å². The van der Waals surface area contributed by atoms with E-state index in [4.69, 9.17) is 5.11 Å². The average Bonchev–Trinajstić information content (AvgIpc) is 2.93. The Balaban J connectivity index is 3.12. The van der Waals surface area contributed by atoms with Crippen molar-refractivity contribution in [1.29, 1.82) is 0 Å². The van der Waals surface area contributed by atoms with E-state index in [-0.39, 0.29) is 0 Å². The molecule has 0 aliphatic carbocycles. The Labute approximate surface area is 245 Å². The summed E-state index contributed by atoms with van der Waals surface area (Å²) in [4.78, 5) is 10.5. The van der Waals surface area contributed by atoms with E-state index in [2.05, 4.69) is 31.2 Å². The Kier molecular flexibility index (Phi) is 34.0. The summed E-state index contributed by atoms with van der Waals surface area (Å²) in [5.74, 6) is -0.650. The molecule has 0 aromatic heterocycles. The van der Waals surface area contributed by atoms with E-state index in [9.17, 15) is 4.79 Å². The van der Waals surface area contributed by atoms with E-state index in [1.807, 2.05) is 0 Å². The molecule has 0 saturated heterocycles. The van der Waals surface area contributed by atoms with Gasteiger partial charge in [-0.1, -0.05) is 166 Å². The molecule has 0 atom stereocenters. The van der Waals surface area contributed by atoms with Crippen LogP contribution < -0.4 is 0 Å². The molecule has 0 aromatic rings. The number of allylic oxidation sites excluding steroid dienone is 4. The molecule has 0 saturated carbocycles. The van der Waals surface area contributed by atoms with Gasteiger partial charge in [0.25, 0.3) is 0 Å². The Morgan fingerprint density at radius 3 is 0.897 bits per heavy atom. The van der Waals surface area contributed by atoms with Gasteiger partial charge < -0.3 is 5.11 Å². The summed E-state index contributed by atoms with van der Waals surface area (Å²) in [5, 5.41) is 8.63. The molecule has 39 heavy (non-hydrogen) atoms. The zero-order chi connectivity index (χ0) is 28.3. The third-order valence-corrected chi connectivity index (χ3v) is 8.06. The number of carboxylic acid groups (broad SMARTS) is 1. The van der Waals surface area contributed by atoms with Crippen LogP contribution >= 0.6 is 0 Å². The molecule has 0 aliphatic heterocycles. The highest BCUT2D eigenvalue weighted by atomic mass is 16.4. The van der Waals surface area contributed by atoms with Gasteiger partial charge in [-0.05, 0) is 57.8 Å². The molecule has 0 rings (SSSR count). The lowest BCUT2D eigenvalue weighted by atomic mass is 10.0. The van der Waals surface area contributed by atoms with Crippen LogP contribution in [-0.2, 0) is 4.79 Å². The molecule has 0 heterocycles. The molecular weight excluding hydrogens is 476 g/mol. The zero-order valence-corrected chi connectivity index (χ0v) is 26.6. The number of rotatable bonds is 33. The normalized spacial score (nSPS) is 11.8. The summed E-state index contributed by atoms with van der Waals surface area (Å²) >= 11 is 0. The van der Waals surface area contributed by atoms with Gasteiger partial charge >= 0.3 is 5.97 Å². The van der Waals surface area contributed by atoms with E-state index < -0.39 is 5.97 Å². The van der Waals surface area contributed by atoms with Crippen LogP contribution in [-0.4, -0.2) is 11.1 Å². The number of aliphatic carboxylic acids is 1. The van der Waals surface area contributed by atoms with Gasteiger partial charge in [-0.3, -0.25) is 4.79 Å². The van der Waals surface area contributed by atoms with E-state index in [0.717, 1.165) is 12.8 Å². The van der Waals surface area contributed by atoms with Crippen LogP contribution in [0.25, 0.3) is 0 Å². The van der Waals surface area contributed by atoms with Gasteiger partial charge in [-0.2, -0.15) is 0 Å². The van der Waals surface area contributed by atoms with Crippen molar-refractivity contribution >= 4 is 5.97 Å². The van der Waals surface area contributed by atoms with Crippen molar-refractivity contribution in [2.24, 2.45) is 0 Å². The van der Waals surface area contributed by atoms with Crippen molar-refractivity contribution < 1.29 is 9.90 Å². The largest absolute Gasteiger partial charge is 0.481 e. The van der Waals surface area contributed by atoms with Crippen LogP contribution in [0.2, 0.25) is 0 Å². The van der Waals surface area contributed by atoms with Gasteiger partial charge in [0.1, 0.15) is 0 Å². The first-order valence-corrected chi connectivity index (χ1v) is 17.8. The predicted molar refractivity (Wildman–Crippen MR) is 175 cm³/mol. The summed E-state index contributed by atoms with van der Waals surface area (Å²) in [6.45, 7) is 2.28. The van der Waals surface area contributed by atoms with Crippen molar-refractivity contribution in [3.63, 3.8) is 0 Å². The highest BCUT2D eigenvalue weighted by molar-refractivity contribution is 5.66. The topological polar surface area (TPSA) is 37.3 Å². The Morgan fingerprint density at radius 2 is 0.615 bits per heavy atom. The van der Waals surface area contributed by atoms with E-state index in [1.165, 1.54) is 180 Å². The number of carbonyl (C=O) groups is 1. The highest BCUT2D eigenvalue weighted by Gasteiger charge is 1.97. The monoisotopic (exact) mass is 547 g/mol. The number of hydrogen-bond donors (Lipinski definition) is 1. The molecule has 2 heteroatoms. The van der Waals surface area contributed by atoms with Crippen molar-refractivity contribution in [3.8, 4) is 0 Å². The predicted octanol–water partition coefficient (Wildman–Crippen LogP) is 13.3. The maximum Gasteiger partial charge on any atom is 0.303 e. The van der Waals surface area contributed by atoms with E-state index in [1.54, 1.807) is 0 Å². The van der Waals surface area contributed by atoms with Crippen molar-refractivity contribution in [2.45, 2.75) is 206 Å². The molecule has 0 unspecified atom stereocenters. The first-order valence-electron chi connectivity index (χ1n) is 17.8. The second-order valence-corrected chi connectivity index (χ2v) is 12.1.